The van der Waals surface area contributed by atoms with Crippen LogP contribution in [0.3, 0.4) is 0 Å². The average Bonchev–Trinajstić information content (AvgIpc) is 1.25. The van der Waals surface area contributed by atoms with Crippen molar-refractivity contribution >= 4 is 12.3 Å². The molecule has 0 aliphatic rings. The molecule has 0 aliphatic carbocycles. The van der Waals surface area contributed by atoms with Crippen molar-refractivity contribution in [2.45, 2.75) is 0 Å². The van der Waals surface area contributed by atoms with Gasteiger partial charge in [0, 0.05) is 0 Å². The molecule has 1 radical (unpaired) electrons. The Hall–Kier alpha value is -0.421. The van der Waals surface area contributed by atoms with Gasteiger partial charge in [0.25, 0.3) is 0 Å². The van der Waals surface area contributed by atoms with Crippen molar-refractivity contribution in [1.29, 1.82) is 0 Å². The molecule has 10 heavy (non-hydrogen) atoms. The predicted octanol–water partition coefficient (Wildman–Crippen LogP) is -4.90. The van der Waals surface area contributed by atoms with Gasteiger partial charge in [-0.25, -0.2) is 0 Å². The molecule has 0 unspecified atom stereocenters. The Bertz CT molecular complexity index is 73.7. The molecule has 59 valence electrons. The Morgan fingerprint density at radius 2 is 0.800 bits per heavy atom. The topological polar surface area (TPSA) is 126 Å². The molecule has 0 fully saturated rings. The van der Waals surface area contributed by atoms with Crippen molar-refractivity contribution in [2.24, 2.45) is 0 Å². The van der Waals surface area contributed by atoms with E-state index in [4.69, 9.17) is 30.0 Å². The first-order chi connectivity index (χ1) is 3.46. The number of carbonyl (C=O) groups excluding carboxylic acids is 2. The van der Waals surface area contributed by atoms with Gasteiger partial charge in [-0.15, -0.1) is 0 Å². The Balaban J connectivity index is -0.0000000300. The van der Waals surface area contributed by atoms with Gasteiger partial charge in [-0.2, -0.15) is 0 Å². The normalized spacial score (nSPS) is 4.80. The van der Waals surface area contributed by atoms with Crippen LogP contribution in [0.15, 0.2) is 0 Å². The second-order valence-corrected chi connectivity index (χ2v) is 0.500. The number of hydrogen-bond donors (Lipinski definition) is 0. The molecule has 0 bridgehead atoms. The van der Waals surface area contributed by atoms with Crippen LogP contribution in [0, 0.1) is 0 Å². The monoisotopic (exact) mass is 231 g/mol. The molecule has 0 aromatic rings. The van der Waals surface area contributed by atoms with E-state index in [1.54, 1.807) is 0 Å². The van der Waals surface area contributed by atoms with E-state index >= 15 is 0 Å². The van der Waals surface area contributed by atoms with Crippen LogP contribution in [0.5, 0.6) is 0 Å². The van der Waals surface area contributed by atoms with Crippen LogP contribution in [-0.4, -0.2) is 12.3 Å². The number of carbonyl (C=O) groups is 2. The van der Waals surface area contributed by atoms with E-state index in [-0.39, 0.29) is 34.1 Å². The zero-order chi connectivity index (χ0) is 7.15. The summed E-state index contributed by atoms with van der Waals surface area (Å²) in [6.07, 6.45) is -4.67. The minimum absolute atomic E-state index is 0. The fourth-order valence-electron chi connectivity index (χ4n) is 0. The summed E-state index contributed by atoms with van der Waals surface area (Å²) in [6, 6.07) is 0. The molecule has 0 N–H and O–H groups in total. The summed E-state index contributed by atoms with van der Waals surface area (Å²) in [4.78, 5) is 16.7. The van der Waals surface area contributed by atoms with Crippen LogP contribution in [0.1, 0.15) is 0 Å². The maximum atomic E-state index is 8.33. The fraction of sp³-hybridized carbons (Fsp3) is 0. The summed E-state index contributed by atoms with van der Waals surface area (Å²) in [6.45, 7) is 0. The van der Waals surface area contributed by atoms with Gasteiger partial charge in [0.1, 0.15) is 0 Å². The molecule has 0 atom stereocenters. The van der Waals surface area contributed by atoms with E-state index in [9.17, 15) is 0 Å². The van der Waals surface area contributed by atoms with Crippen LogP contribution >= 0.6 is 0 Å². The first kappa shape index (κ1) is 22.7. The molecule has 0 saturated heterocycles. The maximum Gasteiger partial charge on any atom is 2.00 e. The van der Waals surface area contributed by atoms with Gasteiger partial charge in [-0.1, -0.05) is 0 Å². The Labute approximate surface area is 76.8 Å². The molecule has 6 nitrogen and oxygen atoms in total. The zero-order valence-electron chi connectivity index (χ0n) is 4.18. The van der Waals surface area contributed by atoms with Gasteiger partial charge in [0.15, 0.2) is 0 Å². The third-order valence-electron chi connectivity index (χ3n) is 0. The summed E-state index contributed by atoms with van der Waals surface area (Å²) in [7, 11) is 0. The third-order valence-corrected chi connectivity index (χ3v) is 0. The standard InChI is InChI=1S/2CH2O3.Fe.Mn/c2*2-1(3)4;;/h2*(H2,2,3,4);;/q;;2*+2/p-4. The van der Waals surface area contributed by atoms with Gasteiger partial charge in [0.05, 0.1) is 0 Å². The second-order valence-electron chi connectivity index (χ2n) is 0.500. The second kappa shape index (κ2) is 15.8. The summed E-state index contributed by atoms with van der Waals surface area (Å²) < 4.78 is 0. The van der Waals surface area contributed by atoms with E-state index in [2.05, 4.69) is 0 Å². The van der Waals surface area contributed by atoms with Crippen LogP contribution < -0.4 is 20.4 Å². The Kier molecular flexibility index (Phi) is 35.9. The van der Waals surface area contributed by atoms with Crippen molar-refractivity contribution in [1.82, 2.24) is 0 Å². The Morgan fingerprint density at radius 3 is 0.800 bits per heavy atom. The average molecular weight is 231 g/mol. The van der Waals surface area contributed by atoms with E-state index in [0.717, 1.165) is 0 Å². The van der Waals surface area contributed by atoms with Gasteiger partial charge < -0.3 is 30.0 Å². The van der Waals surface area contributed by atoms with E-state index in [0.29, 0.717) is 0 Å². The SMILES string of the molecule is O=C([O-])[O-].O=C([O-])[O-].[Fe+2].[Mn+2]. The largest absolute Gasteiger partial charge is 2.00 e. The molecule has 0 spiro atoms. The fourth-order valence-corrected chi connectivity index (χ4v) is 0. The molecule has 0 aromatic heterocycles. The summed E-state index contributed by atoms with van der Waals surface area (Å²) in [5.74, 6) is 0. The molecule has 0 heterocycles. The first-order valence-electron chi connectivity index (χ1n) is 1.22. The van der Waals surface area contributed by atoms with Crippen molar-refractivity contribution < 1.29 is 64.2 Å². The molecule has 0 amide bonds. The van der Waals surface area contributed by atoms with Crippen LogP contribution in [-0.2, 0) is 34.1 Å². The third kappa shape index (κ3) is 1850. The zero-order valence-corrected chi connectivity index (χ0v) is 6.47. The number of carboxylic acid groups (broad SMARTS) is 4. The quantitative estimate of drug-likeness (QED) is 0.384. The summed E-state index contributed by atoms with van der Waals surface area (Å²) in [5, 5.41) is 33.3. The molecule has 0 aromatic carbocycles. The minimum atomic E-state index is -2.33. The van der Waals surface area contributed by atoms with Crippen LogP contribution in [0.4, 0.5) is 9.59 Å². The van der Waals surface area contributed by atoms with Gasteiger partial charge in [-0.05, 0) is 12.3 Å². The smallest absolute Gasteiger partial charge is 0.652 e. The van der Waals surface area contributed by atoms with Gasteiger partial charge in [-0.3, -0.25) is 0 Å². The molecular weight excluding hydrogens is 231 g/mol. The molecule has 8 heteroatoms. The van der Waals surface area contributed by atoms with Gasteiger partial charge in [0.2, 0.25) is 0 Å². The number of hydrogen-bond acceptors (Lipinski definition) is 6. The molecule has 0 aliphatic heterocycles. The predicted molar refractivity (Wildman–Crippen MR) is 10.8 cm³/mol. The summed E-state index contributed by atoms with van der Waals surface area (Å²) >= 11 is 0. The van der Waals surface area contributed by atoms with E-state index in [1.807, 2.05) is 0 Å². The van der Waals surface area contributed by atoms with Crippen LogP contribution in [0.25, 0.3) is 0 Å². The van der Waals surface area contributed by atoms with E-state index in [1.165, 1.54) is 0 Å². The molecule has 0 rings (SSSR count). The first-order valence-corrected chi connectivity index (χ1v) is 1.22. The van der Waals surface area contributed by atoms with Crippen molar-refractivity contribution in [3.8, 4) is 0 Å². The van der Waals surface area contributed by atoms with E-state index < -0.39 is 12.3 Å². The van der Waals surface area contributed by atoms with Gasteiger partial charge >= 0.3 is 34.1 Å². The van der Waals surface area contributed by atoms with Crippen LogP contribution in [0.2, 0.25) is 0 Å². The minimum Gasteiger partial charge on any atom is -0.652 e. The van der Waals surface area contributed by atoms with Crippen molar-refractivity contribution in [3.63, 3.8) is 0 Å². The van der Waals surface area contributed by atoms with Crippen molar-refractivity contribution in [3.05, 3.63) is 0 Å². The Morgan fingerprint density at radius 1 is 0.800 bits per heavy atom. The molecular formula is C2FeMnO6. The number of rotatable bonds is 0. The summed E-state index contributed by atoms with van der Waals surface area (Å²) in [5.41, 5.74) is 0. The molecule has 0 saturated carbocycles. The van der Waals surface area contributed by atoms with Crippen molar-refractivity contribution in [2.75, 3.05) is 0 Å². The maximum absolute atomic E-state index is 8.33.